The average molecular weight is 388 g/mol. The quantitative estimate of drug-likeness (QED) is 0.468. The molecule has 0 aromatic heterocycles. The van der Waals surface area contributed by atoms with Gasteiger partial charge in [0.25, 0.3) is 5.91 Å². The van der Waals surface area contributed by atoms with Gasteiger partial charge in [0.1, 0.15) is 0 Å². The molecule has 29 heavy (non-hydrogen) atoms. The van der Waals surface area contributed by atoms with Crippen LogP contribution in [-0.4, -0.2) is 18.0 Å². The van der Waals surface area contributed by atoms with Gasteiger partial charge in [0.2, 0.25) is 0 Å². The molecule has 3 amide bonds. The number of rotatable bonds is 6. The summed E-state index contributed by atoms with van der Waals surface area (Å²) in [6.07, 6.45) is 0. The minimum absolute atomic E-state index is 0.000927. The van der Waals surface area contributed by atoms with Gasteiger partial charge in [0, 0.05) is 23.1 Å². The molecular weight excluding hydrogens is 364 g/mol. The van der Waals surface area contributed by atoms with E-state index in [0.717, 1.165) is 11.4 Å². The number of carbonyl (C=O) groups is 2. The van der Waals surface area contributed by atoms with E-state index in [0.29, 0.717) is 16.9 Å². The average Bonchev–Trinajstić information content (AvgIpc) is 2.70. The van der Waals surface area contributed by atoms with Crippen LogP contribution in [0.3, 0.4) is 0 Å². The Bertz CT molecular complexity index is 970. The molecule has 4 N–H and O–H groups in total. The highest BCUT2D eigenvalue weighted by molar-refractivity contribution is 6.10. The molecule has 0 saturated carbocycles. The van der Waals surface area contributed by atoms with Crippen molar-refractivity contribution in [3.05, 3.63) is 84.4 Å². The third-order valence-electron chi connectivity index (χ3n) is 4.04. The van der Waals surface area contributed by atoms with E-state index in [9.17, 15) is 9.59 Å². The van der Waals surface area contributed by atoms with Crippen molar-refractivity contribution in [1.82, 2.24) is 5.32 Å². The Morgan fingerprint density at radius 3 is 1.97 bits per heavy atom. The van der Waals surface area contributed by atoms with Crippen molar-refractivity contribution in [3.63, 3.8) is 0 Å². The van der Waals surface area contributed by atoms with Gasteiger partial charge in [-0.3, -0.25) is 4.79 Å². The summed E-state index contributed by atoms with van der Waals surface area (Å²) in [4.78, 5) is 24.7. The third kappa shape index (κ3) is 5.84. The molecule has 3 aromatic rings. The Hall–Kier alpha value is -3.80. The molecule has 6 nitrogen and oxygen atoms in total. The van der Waals surface area contributed by atoms with Crippen LogP contribution in [0.4, 0.5) is 27.5 Å². The maximum atomic E-state index is 12.7. The van der Waals surface area contributed by atoms with E-state index in [-0.39, 0.29) is 18.0 Å². The monoisotopic (exact) mass is 388 g/mol. The standard InChI is InChI=1S/C23H24N4O2/c1-16(2)24-23(29)27-21-11-7-6-10-20(21)22(28)26-19-14-12-18(13-15-19)25-17-8-4-3-5-9-17/h3-16,25H,1-2H3,(H,26,28)(H2,24,27,29). The normalized spacial score (nSPS) is 10.3. The van der Waals surface area contributed by atoms with Crippen LogP contribution >= 0.6 is 0 Å². The maximum Gasteiger partial charge on any atom is 0.319 e. The SMILES string of the molecule is CC(C)NC(=O)Nc1ccccc1C(=O)Nc1ccc(Nc2ccccc2)cc1. The molecule has 0 heterocycles. The highest BCUT2D eigenvalue weighted by Gasteiger charge is 2.13. The summed E-state index contributed by atoms with van der Waals surface area (Å²) in [6, 6.07) is 23.8. The maximum absolute atomic E-state index is 12.7. The van der Waals surface area contributed by atoms with Gasteiger partial charge in [-0.2, -0.15) is 0 Å². The number of hydrogen-bond acceptors (Lipinski definition) is 3. The van der Waals surface area contributed by atoms with Crippen LogP contribution in [0.2, 0.25) is 0 Å². The van der Waals surface area contributed by atoms with Crippen LogP contribution in [0.25, 0.3) is 0 Å². The Labute approximate surface area is 170 Å². The number of urea groups is 1. The first-order chi connectivity index (χ1) is 14.0. The molecular formula is C23H24N4O2. The second-order valence-electron chi connectivity index (χ2n) is 6.82. The predicted molar refractivity (Wildman–Crippen MR) is 118 cm³/mol. The smallest absolute Gasteiger partial charge is 0.319 e. The van der Waals surface area contributed by atoms with Crippen LogP contribution in [0.15, 0.2) is 78.9 Å². The second-order valence-corrected chi connectivity index (χ2v) is 6.82. The number of hydrogen-bond donors (Lipinski definition) is 4. The number of amides is 3. The van der Waals surface area contributed by atoms with Crippen molar-refractivity contribution in [2.45, 2.75) is 19.9 Å². The molecule has 6 heteroatoms. The molecule has 3 rings (SSSR count). The number of para-hydroxylation sites is 2. The number of benzene rings is 3. The van der Waals surface area contributed by atoms with E-state index in [4.69, 9.17) is 0 Å². The van der Waals surface area contributed by atoms with Gasteiger partial charge in [0.15, 0.2) is 0 Å². The van der Waals surface area contributed by atoms with Gasteiger partial charge in [-0.05, 0) is 62.4 Å². The van der Waals surface area contributed by atoms with Gasteiger partial charge >= 0.3 is 6.03 Å². The summed E-state index contributed by atoms with van der Waals surface area (Å²) < 4.78 is 0. The van der Waals surface area contributed by atoms with E-state index in [1.807, 2.05) is 68.4 Å². The van der Waals surface area contributed by atoms with Gasteiger partial charge in [-0.15, -0.1) is 0 Å². The first-order valence-corrected chi connectivity index (χ1v) is 9.41. The zero-order valence-electron chi connectivity index (χ0n) is 16.4. The minimum atomic E-state index is -0.350. The van der Waals surface area contributed by atoms with Gasteiger partial charge < -0.3 is 21.3 Å². The van der Waals surface area contributed by atoms with Crippen LogP contribution in [0.5, 0.6) is 0 Å². The topological polar surface area (TPSA) is 82.3 Å². The molecule has 3 aromatic carbocycles. The Kier molecular flexibility index (Phi) is 6.47. The van der Waals surface area contributed by atoms with Crippen LogP contribution in [0.1, 0.15) is 24.2 Å². The molecule has 0 aliphatic rings. The highest BCUT2D eigenvalue weighted by Crippen LogP contribution is 2.21. The lowest BCUT2D eigenvalue weighted by Gasteiger charge is -2.14. The largest absolute Gasteiger partial charge is 0.356 e. The first-order valence-electron chi connectivity index (χ1n) is 9.41. The molecule has 0 aliphatic heterocycles. The molecule has 0 bridgehead atoms. The van der Waals surface area contributed by atoms with Crippen molar-refractivity contribution in [2.24, 2.45) is 0 Å². The fraction of sp³-hybridized carbons (Fsp3) is 0.130. The summed E-state index contributed by atoms with van der Waals surface area (Å²) in [5.41, 5.74) is 3.41. The van der Waals surface area contributed by atoms with Crippen LogP contribution < -0.4 is 21.3 Å². The van der Waals surface area contributed by atoms with E-state index in [1.54, 1.807) is 24.3 Å². The lowest BCUT2D eigenvalue weighted by atomic mass is 10.1. The van der Waals surface area contributed by atoms with Gasteiger partial charge in [-0.25, -0.2) is 4.79 Å². The summed E-state index contributed by atoms with van der Waals surface area (Å²) in [7, 11) is 0. The van der Waals surface area contributed by atoms with Crippen LogP contribution in [0, 0.1) is 0 Å². The molecule has 0 saturated heterocycles. The first kappa shape index (κ1) is 19.9. The molecule has 148 valence electrons. The summed E-state index contributed by atoms with van der Waals surface area (Å²) in [6.45, 7) is 3.74. The molecule has 0 unspecified atom stereocenters. The molecule has 0 radical (unpaired) electrons. The van der Waals surface area contributed by atoms with Gasteiger partial charge in [0.05, 0.1) is 11.3 Å². The fourth-order valence-electron chi connectivity index (χ4n) is 2.73. The van der Waals surface area contributed by atoms with Crippen molar-refractivity contribution >= 4 is 34.7 Å². The zero-order chi connectivity index (χ0) is 20.6. The number of carbonyl (C=O) groups excluding carboxylic acids is 2. The Morgan fingerprint density at radius 2 is 1.28 bits per heavy atom. The predicted octanol–water partition coefficient (Wildman–Crippen LogP) is 5.21. The second kappa shape index (κ2) is 9.41. The molecule has 0 aliphatic carbocycles. The number of nitrogens with one attached hydrogen (secondary N) is 4. The van der Waals surface area contributed by atoms with Gasteiger partial charge in [-0.1, -0.05) is 30.3 Å². The van der Waals surface area contributed by atoms with E-state index in [1.165, 1.54) is 0 Å². The van der Waals surface area contributed by atoms with E-state index < -0.39 is 0 Å². The Morgan fingerprint density at radius 1 is 0.690 bits per heavy atom. The fourth-order valence-corrected chi connectivity index (χ4v) is 2.73. The molecule has 0 atom stereocenters. The summed E-state index contributed by atoms with van der Waals surface area (Å²) >= 11 is 0. The zero-order valence-corrected chi connectivity index (χ0v) is 16.4. The summed E-state index contributed by atoms with van der Waals surface area (Å²) in [5, 5.41) is 11.6. The highest BCUT2D eigenvalue weighted by atomic mass is 16.2. The van der Waals surface area contributed by atoms with Crippen molar-refractivity contribution in [1.29, 1.82) is 0 Å². The molecule has 0 spiro atoms. The lowest BCUT2D eigenvalue weighted by molar-refractivity contribution is 0.102. The molecule has 0 fully saturated rings. The Balaban J connectivity index is 1.66. The van der Waals surface area contributed by atoms with Crippen molar-refractivity contribution < 1.29 is 9.59 Å². The number of anilines is 4. The van der Waals surface area contributed by atoms with E-state index >= 15 is 0 Å². The summed E-state index contributed by atoms with van der Waals surface area (Å²) in [5.74, 6) is -0.297. The lowest BCUT2D eigenvalue weighted by Crippen LogP contribution is -2.34. The minimum Gasteiger partial charge on any atom is -0.356 e. The third-order valence-corrected chi connectivity index (χ3v) is 4.04. The van der Waals surface area contributed by atoms with Crippen LogP contribution in [-0.2, 0) is 0 Å². The van der Waals surface area contributed by atoms with Crippen molar-refractivity contribution in [3.8, 4) is 0 Å². The van der Waals surface area contributed by atoms with Crippen molar-refractivity contribution in [2.75, 3.05) is 16.0 Å². The van der Waals surface area contributed by atoms with E-state index in [2.05, 4.69) is 21.3 Å².